The summed E-state index contributed by atoms with van der Waals surface area (Å²) in [6.45, 7) is 11.2. The first-order valence-electron chi connectivity index (χ1n) is 9.88. The van der Waals surface area contributed by atoms with Gasteiger partial charge in [-0.25, -0.2) is 4.98 Å². The van der Waals surface area contributed by atoms with Gasteiger partial charge in [0.25, 0.3) is 0 Å². The maximum atomic E-state index is 12.2. The van der Waals surface area contributed by atoms with Crippen molar-refractivity contribution in [2.24, 2.45) is 0 Å². The van der Waals surface area contributed by atoms with Crippen LogP contribution in [0.3, 0.4) is 0 Å². The second kappa shape index (κ2) is 8.35. The van der Waals surface area contributed by atoms with E-state index in [1.165, 1.54) is 5.56 Å². The second-order valence-electron chi connectivity index (χ2n) is 8.00. The number of amides is 1. The highest BCUT2D eigenvalue weighted by atomic mass is 16.2. The van der Waals surface area contributed by atoms with Gasteiger partial charge in [0.2, 0.25) is 5.91 Å². The standard InChI is InChI=1S/C20H33N5O/c1-15(2)23(4)19-8-5-17(13-21-19)14-24-9-11-25(12-10-24)16(3)20(26)22-18-6-7-18/h5,8,13,15-16,18H,6-7,9-12,14H2,1-4H3,(H,22,26). The zero-order chi connectivity index (χ0) is 18.7. The molecule has 0 bridgehead atoms. The number of carbonyl (C=O) groups excluding carboxylic acids is 1. The van der Waals surface area contributed by atoms with Crippen LogP contribution in [0.25, 0.3) is 0 Å². The normalized spacial score (nSPS) is 20.2. The van der Waals surface area contributed by atoms with Gasteiger partial charge in [0.05, 0.1) is 6.04 Å². The Morgan fingerprint density at radius 1 is 1.23 bits per heavy atom. The average molecular weight is 360 g/mol. The molecule has 1 saturated carbocycles. The summed E-state index contributed by atoms with van der Waals surface area (Å²) in [5.74, 6) is 1.21. The minimum absolute atomic E-state index is 0.0229. The highest BCUT2D eigenvalue weighted by molar-refractivity contribution is 5.81. The van der Waals surface area contributed by atoms with E-state index in [1.54, 1.807) is 0 Å². The van der Waals surface area contributed by atoms with Gasteiger partial charge in [-0.3, -0.25) is 14.6 Å². The fourth-order valence-electron chi connectivity index (χ4n) is 3.27. The Bertz CT molecular complexity index is 591. The molecule has 2 aliphatic rings. The number of hydrogen-bond donors (Lipinski definition) is 1. The predicted molar refractivity (Wildman–Crippen MR) is 105 cm³/mol. The molecule has 6 nitrogen and oxygen atoms in total. The molecule has 144 valence electrons. The molecule has 1 aliphatic heterocycles. The Labute approximate surface area is 157 Å². The van der Waals surface area contributed by atoms with Crippen molar-refractivity contribution in [2.45, 2.75) is 58.3 Å². The molecule has 1 aromatic rings. The number of nitrogens with zero attached hydrogens (tertiary/aromatic N) is 4. The van der Waals surface area contributed by atoms with Gasteiger partial charge in [-0.2, -0.15) is 0 Å². The van der Waals surface area contributed by atoms with Gasteiger partial charge in [-0.1, -0.05) is 6.07 Å². The summed E-state index contributed by atoms with van der Waals surface area (Å²) in [6, 6.07) is 5.15. The van der Waals surface area contributed by atoms with E-state index in [1.807, 2.05) is 13.1 Å². The van der Waals surface area contributed by atoms with Gasteiger partial charge in [-0.15, -0.1) is 0 Å². The molecule has 26 heavy (non-hydrogen) atoms. The van der Waals surface area contributed by atoms with Crippen LogP contribution in [-0.4, -0.2) is 72.0 Å². The van der Waals surface area contributed by atoms with E-state index in [-0.39, 0.29) is 11.9 Å². The van der Waals surface area contributed by atoms with Crippen LogP contribution >= 0.6 is 0 Å². The number of pyridine rings is 1. The number of carbonyl (C=O) groups is 1. The zero-order valence-electron chi connectivity index (χ0n) is 16.6. The van der Waals surface area contributed by atoms with Crippen molar-refractivity contribution in [3.05, 3.63) is 23.9 Å². The Hall–Kier alpha value is -1.66. The van der Waals surface area contributed by atoms with E-state index in [9.17, 15) is 4.79 Å². The molecule has 6 heteroatoms. The van der Waals surface area contributed by atoms with Gasteiger partial charge in [0, 0.05) is 58.1 Å². The van der Waals surface area contributed by atoms with Crippen molar-refractivity contribution >= 4 is 11.7 Å². The number of anilines is 1. The zero-order valence-corrected chi connectivity index (χ0v) is 16.6. The van der Waals surface area contributed by atoms with E-state index in [4.69, 9.17) is 0 Å². The first-order chi connectivity index (χ1) is 12.4. The lowest BCUT2D eigenvalue weighted by Gasteiger charge is -2.37. The Kier molecular flexibility index (Phi) is 6.14. The van der Waals surface area contributed by atoms with Crippen LogP contribution in [0.1, 0.15) is 39.2 Å². The van der Waals surface area contributed by atoms with Gasteiger partial charge >= 0.3 is 0 Å². The van der Waals surface area contributed by atoms with E-state index in [0.29, 0.717) is 12.1 Å². The summed E-state index contributed by atoms with van der Waals surface area (Å²) in [7, 11) is 2.08. The van der Waals surface area contributed by atoms with Crippen LogP contribution in [0.2, 0.25) is 0 Å². The number of hydrogen-bond acceptors (Lipinski definition) is 5. The molecular weight excluding hydrogens is 326 g/mol. The molecule has 0 radical (unpaired) electrons. The number of nitrogens with one attached hydrogen (secondary N) is 1. The molecule has 2 fully saturated rings. The molecule has 2 heterocycles. The number of aromatic nitrogens is 1. The molecule has 1 atom stereocenters. The third kappa shape index (κ3) is 4.95. The van der Waals surface area contributed by atoms with E-state index >= 15 is 0 Å². The van der Waals surface area contributed by atoms with Crippen molar-refractivity contribution in [1.82, 2.24) is 20.1 Å². The molecule has 1 amide bonds. The molecule has 1 unspecified atom stereocenters. The maximum Gasteiger partial charge on any atom is 0.237 e. The number of piperazine rings is 1. The molecule has 3 rings (SSSR count). The molecule has 1 saturated heterocycles. The van der Waals surface area contributed by atoms with Crippen molar-refractivity contribution in [1.29, 1.82) is 0 Å². The predicted octanol–water partition coefficient (Wildman–Crippen LogP) is 1.71. The molecule has 1 aliphatic carbocycles. The van der Waals surface area contributed by atoms with Crippen LogP contribution in [-0.2, 0) is 11.3 Å². The van der Waals surface area contributed by atoms with Crippen LogP contribution in [0, 0.1) is 0 Å². The smallest absolute Gasteiger partial charge is 0.237 e. The lowest BCUT2D eigenvalue weighted by Crippen LogP contribution is -2.53. The minimum Gasteiger partial charge on any atom is -0.357 e. The lowest BCUT2D eigenvalue weighted by atomic mass is 10.2. The summed E-state index contributed by atoms with van der Waals surface area (Å²) in [4.78, 5) is 23.7. The molecule has 1 aromatic heterocycles. The third-order valence-corrected chi connectivity index (χ3v) is 5.61. The Morgan fingerprint density at radius 3 is 2.46 bits per heavy atom. The summed E-state index contributed by atoms with van der Waals surface area (Å²) >= 11 is 0. The second-order valence-corrected chi connectivity index (χ2v) is 8.00. The highest BCUT2D eigenvalue weighted by Gasteiger charge is 2.29. The summed E-state index contributed by atoms with van der Waals surface area (Å²) in [5, 5.41) is 3.12. The monoisotopic (exact) mass is 359 g/mol. The van der Waals surface area contributed by atoms with Crippen molar-refractivity contribution < 1.29 is 4.79 Å². The van der Waals surface area contributed by atoms with Gasteiger partial charge in [-0.05, 0) is 45.2 Å². The van der Waals surface area contributed by atoms with Gasteiger partial charge < -0.3 is 10.2 Å². The first-order valence-corrected chi connectivity index (χ1v) is 9.88. The van der Waals surface area contributed by atoms with Gasteiger partial charge in [0.1, 0.15) is 5.82 Å². The SMILES string of the molecule is CC(C(=O)NC1CC1)N1CCN(Cc2ccc(N(C)C(C)C)nc2)CC1. The molecule has 0 aromatic carbocycles. The lowest BCUT2D eigenvalue weighted by molar-refractivity contribution is -0.126. The highest BCUT2D eigenvalue weighted by Crippen LogP contribution is 2.19. The Morgan fingerprint density at radius 2 is 1.92 bits per heavy atom. The average Bonchev–Trinajstić information content (AvgIpc) is 3.45. The topological polar surface area (TPSA) is 51.7 Å². The quantitative estimate of drug-likeness (QED) is 0.803. The fraction of sp³-hybridized carbons (Fsp3) is 0.700. The largest absolute Gasteiger partial charge is 0.357 e. The summed E-state index contributed by atoms with van der Waals surface area (Å²) in [5.41, 5.74) is 1.25. The first kappa shape index (κ1) is 19.1. The summed E-state index contributed by atoms with van der Waals surface area (Å²) in [6.07, 6.45) is 4.28. The van der Waals surface area contributed by atoms with Crippen molar-refractivity contribution in [2.75, 3.05) is 38.1 Å². The van der Waals surface area contributed by atoms with E-state index < -0.39 is 0 Å². The van der Waals surface area contributed by atoms with E-state index in [2.05, 4.69) is 58.0 Å². The summed E-state index contributed by atoms with van der Waals surface area (Å²) < 4.78 is 0. The van der Waals surface area contributed by atoms with Crippen LogP contribution < -0.4 is 10.2 Å². The molecular formula is C20H33N5O. The fourth-order valence-corrected chi connectivity index (χ4v) is 3.27. The third-order valence-electron chi connectivity index (χ3n) is 5.61. The van der Waals surface area contributed by atoms with E-state index in [0.717, 1.165) is 51.4 Å². The van der Waals surface area contributed by atoms with Crippen LogP contribution in [0.5, 0.6) is 0 Å². The van der Waals surface area contributed by atoms with Crippen molar-refractivity contribution in [3.63, 3.8) is 0 Å². The maximum absolute atomic E-state index is 12.2. The molecule has 1 N–H and O–H groups in total. The number of rotatable bonds is 7. The Balaban J connectivity index is 1.45. The van der Waals surface area contributed by atoms with Crippen LogP contribution in [0.4, 0.5) is 5.82 Å². The van der Waals surface area contributed by atoms with Crippen LogP contribution in [0.15, 0.2) is 18.3 Å². The minimum atomic E-state index is -0.0229. The van der Waals surface area contributed by atoms with Gasteiger partial charge in [0.15, 0.2) is 0 Å². The van der Waals surface area contributed by atoms with Crippen molar-refractivity contribution in [3.8, 4) is 0 Å². The molecule has 0 spiro atoms.